The monoisotopic (exact) mass is 279 g/mol. The van der Waals surface area contributed by atoms with Gasteiger partial charge in [-0.15, -0.1) is 0 Å². The van der Waals surface area contributed by atoms with Gasteiger partial charge in [-0.2, -0.15) is 8.42 Å². The molecule has 0 fully saturated rings. The van der Waals surface area contributed by atoms with Crippen LogP contribution in [0.5, 0.6) is 0 Å². The largest absolute Gasteiger partial charge is 0.395 e. The van der Waals surface area contributed by atoms with Crippen molar-refractivity contribution >= 4 is 10.1 Å². The fourth-order valence-electron chi connectivity index (χ4n) is 1.27. The fraction of sp³-hybridized carbons (Fsp3) is 0.357. The molecular formula is C14H17NO3S. The highest BCUT2D eigenvalue weighted by Gasteiger charge is 2.25. The first-order chi connectivity index (χ1) is 8.66. The van der Waals surface area contributed by atoms with Gasteiger partial charge < -0.3 is 4.18 Å². The first-order valence-electron chi connectivity index (χ1n) is 5.75. The zero-order chi connectivity index (χ0) is 14.7. The van der Waals surface area contributed by atoms with Crippen molar-refractivity contribution in [2.45, 2.75) is 32.6 Å². The first kappa shape index (κ1) is 15.3. The van der Waals surface area contributed by atoms with Gasteiger partial charge in [-0.25, -0.2) is 4.85 Å². The summed E-state index contributed by atoms with van der Waals surface area (Å²) in [4.78, 5) is 3.17. The highest BCUT2D eigenvalue weighted by molar-refractivity contribution is 7.86. The second-order valence-electron chi connectivity index (χ2n) is 5.22. The Bertz CT molecular complexity index is 614. The van der Waals surface area contributed by atoms with E-state index in [-0.39, 0.29) is 10.7 Å². The lowest BCUT2D eigenvalue weighted by molar-refractivity contribution is 0.295. The molecule has 0 aliphatic carbocycles. The summed E-state index contributed by atoms with van der Waals surface area (Å²) in [5, 5.41) is 0. The summed E-state index contributed by atoms with van der Waals surface area (Å²) < 4.78 is 29.3. The van der Waals surface area contributed by atoms with Crippen LogP contribution in [0, 0.1) is 18.9 Å². The second-order valence-corrected chi connectivity index (χ2v) is 6.77. The number of allylic oxidation sites excluding steroid dienone is 1. The molecule has 0 aliphatic rings. The van der Waals surface area contributed by atoms with E-state index < -0.39 is 15.5 Å². The molecular weight excluding hydrogens is 262 g/mol. The van der Waals surface area contributed by atoms with Crippen LogP contribution in [0.25, 0.3) is 4.85 Å². The molecule has 102 valence electrons. The van der Waals surface area contributed by atoms with Gasteiger partial charge >= 0.3 is 10.1 Å². The molecule has 0 saturated heterocycles. The molecule has 0 aliphatic heterocycles. The predicted octanol–water partition coefficient (Wildman–Crippen LogP) is 3.51. The van der Waals surface area contributed by atoms with Gasteiger partial charge in [0.1, 0.15) is 10.7 Å². The standard InChI is InChI=1S/C14H17NO3S/c1-11-6-8-12(9-7-11)19(16,17)18-13(10-15-5)14(2,3)4/h6-10H,1-4H3/b13-10-. The molecule has 0 bridgehead atoms. The van der Waals surface area contributed by atoms with E-state index in [2.05, 4.69) is 4.85 Å². The van der Waals surface area contributed by atoms with E-state index >= 15 is 0 Å². The van der Waals surface area contributed by atoms with E-state index in [0.29, 0.717) is 0 Å². The first-order valence-corrected chi connectivity index (χ1v) is 7.16. The van der Waals surface area contributed by atoms with E-state index in [0.717, 1.165) is 11.8 Å². The van der Waals surface area contributed by atoms with E-state index in [9.17, 15) is 8.42 Å². The molecule has 19 heavy (non-hydrogen) atoms. The van der Waals surface area contributed by atoms with Crippen molar-refractivity contribution in [2.24, 2.45) is 5.41 Å². The summed E-state index contributed by atoms with van der Waals surface area (Å²) in [6.07, 6.45) is 1.10. The topological polar surface area (TPSA) is 47.7 Å². The average molecular weight is 279 g/mol. The molecule has 0 N–H and O–H groups in total. The summed E-state index contributed by atoms with van der Waals surface area (Å²) in [5.74, 6) is 0.128. The van der Waals surface area contributed by atoms with Crippen molar-refractivity contribution < 1.29 is 12.6 Å². The Morgan fingerprint density at radius 3 is 2.21 bits per heavy atom. The smallest absolute Gasteiger partial charge is 0.337 e. The molecule has 0 saturated carbocycles. The van der Waals surface area contributed by atoms with Gasteiger partial charge in [-0.05, 0) is 19.1 Å². The fourth-order valence-corrected chi connectivity index (χ4v) is 2.37. The zero-order valence-electron chi connectivity index (χ0n) is 11.5. The minimum absolute atomic E-state index is 0.0817. The molecule has 0 unspecified atom stereocenters. The van der Waals surface area contributed by atoms with Crippen LogP contribution in [0.2, 0.25) is 0 Å². The average Bonchev–Trinajstić information content (AvgIpc) is 2.27. The Labute approximate surface area is 114 Å². The highest BCUT2D eigenvalue weighted by Crippen LogP contribution is 2.29. The lowest BCUT2D eigenvalue weighted by atomic mass is 9.95. The number of benzene rings is 1. The van der Waals surface area contributed by atoms with E-state index in [4.69, 9.17) is 10.8 Å². The van der Waals surface area contributed by atoms with Crippen LogP contribution in [0.15, 0.2) is 41.1 Å². The predicted molar refractivity (Wildman–Crippen MR) is 73.6 cm³/mol. The summed E-state index contributed by atoms with van der Waals surface area (Å²) in [6, 6.07) is 6.38. The third-order valence-electron chi connectivity index (χ3n) is 2.43. The lowest BCUT2D eigenvalue weighted by Gasteiger charge is -2.22. The van der Waals surface area contributed by atoms with Crippen LogP contribution in [-0.2, 0) is 14.3 Å². The van der Waals surface area contributed by atoms with Crippen LogP contribution >= 0.6 is 0 Å². The van der Waals surface area contributed by atoms with Gasteiger partial charge in [-0.1, -0.05) is 38.5 Å². The zero-order valence-corrected chi connectivity index (χ0v) is 12.3. The van der Waals surface area contributed by atoms with Gasteiger partial charge in [-0.3, -0.25) is 0 Å². The van der Waals surface area contributed by atoms with Gasteiger partial charge in [0.05, 0.1) is 6.57 Å². The lowest BCUT2D eigenvalue weighted by Crippen LogP contribution is -2.16. The number of hydrogen-bond acceptors (Lipinski definition) is 3. The normalized spacial score (nSPS) is 12.9. The molecule has 0 spiro atoms. The van der Waals surface area contributed by atoms with Crippen LogP contribution in [-0.4, -0.2) is 8.42 Å². The van der Waals surface area contributed by atoms with Crippen LogP contribution < -0.4 is 0 Å². The molecule has 0 amide bonds. The van der Waals surface area contributed by atoms with E-state index in [1.807, 2.05) is 6.92 Å². The summed E-state index contributed by atoms with van der Waals surface area (Å²) >= 11 is 0. The van der Waals surface area contributed by atoms with Gasteiger partial charge in [0.25, 0.3) is 0 Å². The molecule has 4 nitrogen and oxygen atoms in total. The number of hydrogen-bond donors (Lipinski definition) is 0. The Kier molecular flexibility index (Phi) is 4.38. The molecule has 1 rings (SSSR count). The van der Waals surface area contributed by atoms with Crippen molar-refractivity contribution in [3.8, 4) is 0 Å². The molecule has 1 aromatic rings. The minimum atomic E-state index is -3.89. The number of aryl methyl sites for hydroxylation is 1. The molecule has 0 radical (unpaired) electrons. The Hall–Kier alpha value is -1.80. The summed E-state index contributed by atoms with van der Waals surface area (Å²) in [5.41, 5.74) is 0.411. The Morgan fingerprint density at radius 1 is 1.26 bits per heavy atom. The Morgan fingerprint density at radius 2 is 1.79 bits per heavy atom. The molecule has 0 aromatic heterocycles. The summed E-state index contributed by atoms with van der Waals surface area (Å²) in [6.45, 7) is 14.1. The maximum Gasteiger partial charge on any atom is 0.337 e. The maximum atomic E-state index is 12.1. The van der Waals surface area contributed by atoms with E-state index in [1.165, 1.54) is 12.1 Å². The third-order valence-corrected chi connectivity index (χ3v) is 3.68. The number of nitrogens with zero attached hydrogens (tertiary/aromatic N) is 1. The van der Waals surface area contributed by atoms with Crippen molar-refractivity contribution in [3.05, 3.63) is 53.2 Å². The van der Waals surface area contributed by atoms with Crippen molar-refractivity contribution in [3.63, 3.8) is 0 Å². The molecule has 0 heterocycles. The van der Waals surface area contributed by atoms with Gasteiger partial charge in [0.2, 0.25) is 0 Å². The second kappa shape index (κ2) is 5.45. The quantitative estimate of drug-likeness (QED) is 0.483. The highest BCUT2D eigenvalue weighted by atomic mass is 32.2. The van der Waals surface area contributed by atoms with Gasteiger partial charge in [0, 0.05) is 5.41 Å². The van der Waals surface area contributed by atoms with Crippen LogP contribution in [0.3, 0.4) is 0 Å². The third kappa shape index (κ3) is 4.11. The van der Waals surface area contributed by atoms with E-state index in [1.54, 1.807) is 32.9 Å². The van der Waals surface area contributed by atoms with Crippen LogP contribution in [0.4, 0.5) is 0 Å². The van der Waals surface area contributed by atoms with Crippen molar-refractivity contribution in [2.75, 3.05) is 0 Å². The molecule has 5 heteroatoms. The number of rotatable bonds is 3. The van der Waals surface area contributed by atoms with Crippen molar-refractivity contribution in [1.29, 1.82) is 0 Å². The minimum Gasteiger partial charge on any atom is -0.395 e. The van der Waals surface area contributed by atoms with Crippen molar-refractivity contribution in [1.82, 2.24) is 0 Å². The SMILES string of the molecule is [C-]#[N+]/C=C(\OS(=O)(=O)c1ccc(C)cc1)C(C)(C)C. The van der Waals surface area contributed by atoms with Crippen LogP contribution in [0.1, 0.15) is 26.3 Å². The molecule has 1 aromatic carbocycles. The molecule has 0 atom stereocenters. The maximum absolute atomic E-state index is 12.1. The summed E-state index contributed by atoms with van der Waals surface area (Å²) in [7, 11) is -3.89. The van der Waals surface area contributed by atoms with Gasteiger partial charge in [0.15, 0.2) is 6.20 Å². The Balaban J connectivity index is 3.13.